The van der Waals surface area contributed by atoms with E-state index in [1.54, 1.807) is 0 Å². The van der Waals surface area contributed by atoms with Crippen LogP contribution < -0.4 is 10.2 Å². The molecule has 1 fully saturated rings. The summed E-state index contributed by atoms with van der Waals surface area (Å²) in [6, 6.07) is 8.38. The van der Waals surface area contributed by atoms with Gasteiger partial charge in [-0.25, -0.2) is 4.98 Å². The molecule has 2 aromatic rings. The molecular weight excluding hydrogens is 230 g/mol. The van der Waals surface area contributed by atoms with Crippen LogP contribution in [0.3, 0.4) is 0 Å². The van der Waals surface area contributed by atoms with Crippen molar-refractivity contribution in [3.05, 3.63) is 24.3 Å². The molecule has 1 aliphatic heterocycles. The van der Waals surface area contributed by atoms with Gasteiger partial charge in [0, 0.05) is 13.1 Å². The molecule has 0 aliphatic carbocycles. The first-order valence-corrected chi connectivity index (χ1v) is 6.93. The van der Waals surface area contributed by atoms with E-state index in [2.05, 4.69) is 34.5 Å². The molecule has 2 heterocycles. The van der Waals surface area contributed by atoms with Gasteiger partial charge >= 0.3 is 0 Å². The summed E-state index contributed by atoms with van der Waals surface area (Å²) in [7, 11) is 2.03. The van der Waals surface area contributed by atoms with Crippen LogP contribution in [0, 0.1) is 5.92 Å². The molecule has 1 N–H and O–H groups in total. The third kappa shape index (κ3) is 2.15. The van der Waals surface area contributed by atoms with Crippen LogP contribution in [0.25, 0.3) is 10.2 Å². The Morgan fingerprint density at radius 1 is 1.47 bits per heavy atom. The van der Waals surface area contributed by atoms with Gasteiger partial charge in [0.1, 0.15) is 0 Å². The van der Waals surface area contributed by atoms with Gasteiger partial charge in [0.2, 0.25) is 0 Å². The van der Waals surface area contributed by atoms with E-state index in [4.69, 9.17) is 4.98 Å². The molecule has 0 bridgehead atoms. The molecule has 1 saturated heterocycles. The first-order valence-electron chi connectivity index (χ1n) is 6.12. The number of hydrogen-bond donors (Lipinski definition) is 1. The number of rotatable bonds is 3. The van der Waals surface area contributed by atoms with Crippen LogP contribution in [0.4, 0.5) is 5.13 Å². The Balaban J connectivity index is 1.80. The van der Waals surface area contributed by atoms with Gasteiger partial charge < -0.3 is 10.2 Å². The maximum Gasteiger partial charge on any atom is 0.186 e. The van der Waals surface area contributed by atoms with Crippen molar-refractivity contribution in [1.29, 1.82) is 0 Å². The van der Waals surface area contributed by atoms with Crippen molar-refractivity contribution in [3.8, 4) is 0 Å². The molecule has 0 radical (unpaired) electrons. The molecule has 3 nitrogen and oxygen atoms in total. The molecule has 0 saturated carbocycles. The monoisotopic (exact) mass is 247 g/mol. The molecule has 3 rings (SSSR count). The summed E-state index contributed by atoms with van der Waals surface area (Å²) in [5, 5.41) is 4.45. The summed E-state index contributed by atoms with van der Waals surface area (Å²) >= 11 is 1.81. The van der Waals surface area contributed by atoms with Crippen molar-refractivity contribution in [2.45, 2.75) is 6.42 Å². The maximum absolute atomic E-state index is 4.71. The maximum atomic E-state index is 4.71. The van der Waals surface area contributed by atoms with E-state index in [1.165, 1.54) is 16.3 Å². The molecule has 90 valence electrons. The molecule has 0 amide bonds. The van der Waals surface area contributed by atoms with E-state index in [1.807, 2.05) is 18.4 Å². The minimum absolute atomic E-state index is 0.770. The highest BCUT2D eigenvalue weighted by Crippen LogP contribution is 2.31. The topological polar surface area (TPSA) is 28.2 Å². The number of para-hydroxylation sites is 1. The van der Waals surface area contributed by atoms with Crippen molar-refractivity contribution in [2.24, 2.45) is 5.92 Å². The minimum atomic E-state index is 0.770. The third-order valence-electron chi connectivity index (χ3n) is 3.33. The van der Waals surface area contributed by atoms with Crippen LogP contribution in [0.15, 0.2) is 24.3 Å². The number of nitrogens with zero attached hydrogens (tertiary/aromatic N) is 2. The van der Waals surface area contributed by atoms with E-state index in [0.717, 1.165) is 31.1 Å². The van der Waals surface area contributed by atoms with Gasteiger partial charge in [-0.15, -0.1) is 0 Å². The van der Waals surface area contributed by atoms with Crippen LogP contribution in [0.5, 0.6) is 0 Å². The molecule has 0 spiro atoms. The van der Waals surface area contributed by atoms with Crippen LogP contribution >= 0.6 is 11.3 Å². The predicted octanol–water partition coefficient (Wildman–Crippen LogP) is 2.34. The lowest BCUT2D eigenvalue weighted by Crippen LogP contribution is -2.24. The summed E-state index contributed by atoms with van der Waals surface area (Å²) in [5.41, 5.74) is 1.13. The second-order valence-corrected chi connectivity index (χ2v) is 5.63. The molecule has 4 heteroatoms. The Labute approximate surface area is 105 Å². The number of fused-ring (bicyclic) bond motifs is 1. The average molecular weight is 247 g/mol. The number of thiazole rings is 1. The zero-order valence-electron chi connectivity index (χ0n) is 10.0. The summed E-state index contributed by atoms with van der Waals surface area (Å²) in [4.78, 5) is 7.14. The molecule has 1 aliphatic rings. The quantitative estimate of drug-likeness (QED) is 0.902. The van der Waals surface area contributed by atoms with E-state index in [9.17, 15) is 0 Å². The van der Waals surface area contributed by atoms with Crippen molar-refractivity contribution in [3.63, 3.8) is 0 Å². The lowest BCUT2D eigenvalue weighted by atomic mass is 10.1. The molecular formula is C13H17N3S. The van der Waals surface area contributed by atoms with E-state index in [-0.39, 0.29) is 0 Å². The lowest BCUT2D eigenvalue weighted by molar-refractivity contribution is 0.549. The van der Waals surface area contributed by atoms with Gasteiger partial charge in [0.05, 0.1) is 10.2 Å². The number of aromatic nitrogens is 1. The Hall–Kier alpha value is -1.13. The van der Waals surface area contributed by atoms with Gasteiger partial charge in [0.25, 0.3) is 0 Å². The van der Waals surface area contributed by atoms with E-state index < -0.39 is 0 Å². The van der Waals surface area contributed by atoms with E-state index >= 15 is 0 Å². The zero-order chi connectivity index (χ0) is 11.7. The van der Waals surface area contributed by atoms with Crippen molar-refractivity contribution in [1.82, 2.24) is 10.3 Å². The average Bonchev–Trinajstić information content (AvgIpc) is 2.94. The summed E-state index contributed by atoms with van der Waals surface area (Å²) < 4.78 is 1.29. The highest BCUT2D eigenvalue weighted by atomic mass is 32.1. The number of benzene rings is 1. The summed E-state index contributed by atoms with van der Waals surface area (Å²) in [5.74, 6) is 0.770. The van der Waals surface area contributed by atoms with Crippen LogP contribution in [0.1, 0.15) is 6.42 Å². The normalized spacial score (nSPS) is 20.3. The lowest BCUT2D eigenvalue weighted by Gasteiger charge is -2.14. The van der Waals surface area contributed by atoms with Gasteiger partial charge in [0.15, 0.2) is 5.13 Å². The summed E-state index contributed by atoms with van der Waals surface area (Å²) in [6.07, 6.45) is 1.27. The largest absolute Gasteiger partial charge is 0.348 e. The van der Waals surface area contributed by atoms with Gasteiger partial charge in [-0.1, -0.05) is 23.5 Å². The predicted molar refractivity (Wildman–Crippen MR) is 73.9 cm³/mol. The first kappa shape index (κ1) is 11.0. The van der Waals surface area contributed by atoms with Crippen molar-refractivity contribution >= 4 is 26.7 Å². The molecule has 1 aromatic heterocycles. The fraction of sp³-hybridized carbons (Fsp3) is 0.462. The van der Waals surface area contributed by atoms with Gasteiger partial charge in [-0.05, 0) is 38.1 Å². The second-order valence-electron chi connectivity index (χ2n) is 4.62. The molecule has 1 aromatic carbocycles. The summed E-state index contributed by atoms with van der Waals surface area (Å²) in [6.45, 7) is 3.40. The number of hydrogen-bond acceptors (Lipinski definition) is 4. The SMILES string of the molecule is CNCC1CCN(c2nc3ccccc3s2)C1. The Morgan fingerprint density at radius 2 is 2.35 bits per heavy atom. The fourth-order valence-corrected chi connectivity index (χ4v) is 3.46. The van der Waals surface area contributed by atoms with E-state index in [0.29, 0.717) is 0 Å². The first-order chi connectivity index (χ1) is 8.36. The number of nitrogens with one attached hydrogen (secondary N) is 1. The third-order valence-corrected chi connectivity index (χ3v) is 4.43. The second kappa shape index (κ2) is 4.63. The van der Waals surface area contributed by atoms with Crippen molar-refractivity contribution < 1.29 is 0 Å². The zero-order valence-corrected chi connectivity index (χ0v) is 10.8. The smallest absolute Gasteiger partial charge is 0.186 e. The van der Waals surface area contributed by atoms with Gasteiger partial charge in [-0.3, -0.25) is 0 Å². The Kier molecular flexibility index (Phi) is 2.99. The van der Waals surface area contributed by atoms with Crippen LogP contribution in [0.2, 0.25) is 0 Å². The standard InChI is InChI=1S/C13H17N3S/c1-14-8-10-6-7-16(9-10)13-15-11-4-2-3-5-12(11)17-13/h2-5,10,14H,6-9H2,1H3. The highest BCUT2D eigenvalue weighted by molar-refractivity contribution is 7.22. The number of anilines is 1. The molecule has 1 atom stereocenters. The van der Waals surface area contributed by atoms with Crippen molar-refractivity contribution in [2.75, 3.05) is 31.6 Å². The van der Waals surface area contributed by atoms with Crippen LogP contribution in [-0.4, -0.2) is 31.7 Å². The minimum Gasteiger partial charge on any atom is -0.348 e. The van der Waals surface area contributed by atoms with Crippen LogP contribution in [-0.2, 0) is 0 Å². The molecule has 1 unspecified atom stereocenters. The fourth-order valence-electron chi connectivity index (χ4n) is 2.46. The molecule has 17 heavy (non-hydrogen) atoms. The Bertz CT molecular complexity index is 475. The highest BCUT2D eigenvalue weighted by Gasteiger charge is 2.24. The van der Waals surface area contributed by atoms with Gasteiger partial charge in [-0.2, -0.15) is 0 Å². The Morgan fingerprint density at radius 3 is 3.18 bits per heavy atom.